The Balaban J connectivity index is 1.83. The molecule has 1 atom stereocenters. The Kier molecular flexibility index (Phi) is 5.38. The number of fused-ring (bicyclic) bond motifs is 1. The lowest BCUT2D eigenvalue weighted by Gasteiger charge is -2.16. The van der Waals surface area contributed by atoms with E-state index in [-0.39, 0.29) is 16.8 Å². The maximum atomic E-state index is 12.8. The molecule has 0 bridgehead atoms. The first-order valence-electron chi connectivity index (χ1n) is 8.49. The summed E-state index contributed by atoms with van der Waals surface area (Å²) in [6.07, 6.45) is 1.42. The number of ether oxygens (including phenoxy) is 2. The normalized spacial score (nSPS) is 15.9. The van der Waals surface area contributed by atoms with Crippen LogP contribution in [0.25, 0.3) is 0 Å². The van der Waals surface area contributed by atoms with E-state index < -0.39 is 10.0 Å². The molecule has 1 aliphatic rings. The Bertz CT molecular complexity index is 955. The van der Waals surface area contributed by atoms with Crippen molar-refractivity contribution < 1.29 is 22.7 Å². The first-order valence-corrected chi connectivity index (χ1v) is 9.97. The van der Waals surface area contributed by atoms with Gasteiger partial charge in [-0.2, -0.15) is 0 Å². The molecule has 144 valence electrons. The SMILES string of the molecule is COc1cc2c(cc1OC)C(NS(=O)(=O)c1ccc(NC(C)=O)cc1)CC2. The minimum atomic E-state index is -3.70. The fourth-order valence-electron chi connectivity index (χ4n) is 3.23. The van der Waals surface area contributed by atoms with Crippen molar-refractivity contribution in [3.63, 3.8) is 0 Å². The molecule has 0 aliphatic heterocycles. The summed E-state index contributed by atoms with van der Waals surface area (Å²) in [5.41, 5.74) is 2.48. The number of aryl methyl sites for hydroxylation is 1. The second kappa shape index (κ2) is 7.58. The highest BCUT2D eigenvalue weighted by Crippen LogP contribution is 2.39. The third-order valence-corrected chi connectivity index (χ3v) is 5.99. The van der Waals surface area contributed by atoms with Gasteiger partial charge in [-0.05, 0) is 60.4 Å². The zero-order chi connectivity index (χ0) is 19.6. The van der Waals surface area contributed by atoms with E-state index >= 15 is 0 Å². The molecule has 3 rings (SSSR count). The van der Waals surface area contributed by atoms with Crippen LogP contribution in [0.1, 0.15) is 30.5 Å². The standard InChI is InChI=1S/C19H22N2O5S/c1-12(22)20-14-5-7-15(8-6-14)27(23,24)21-17-9-4-13-10-18(25-2)19(26-3)11-16(13)17/h5-8,10-11,17,21H,4,9H2,1-3H3,(H,20,22). The van der Waals surface area contributed by atoms with Gasteiger partial charge in [-0.3, -0.25) is 4.79 Å². The number of sulfonamides is 1. The zero-order valence-corrected chi connectivity index (χ0v) is 16.2. The summed E-state index contributed by atoms with van der Waals surface area (Å²) >= 11 is 0. The lowest BCUT2D eigenvalue weighted by Crippen LogP contribution is -2.27. The number of nitrogens with one attached hydrogen (secondary N) is 2. The monoisotopic (exact) mass is 390 g/mol. The van der Waals surface area contributed by atoms with E-state index in [1.807, 2.05) is 12.1 Å². The van der Waals surface area contributed by atoms with Crippen LogP contribution in [-0.4, -0.2) is 28.5 Å². The van der Waals surface area contributed by atoms with Crippen molar-refractivity contribution in [3.05, 3.63) is 47.5 Å². The van der Waals surface area contributed by atoms with Crippen LogP contribution >= 0.6 is 0 Å². The highest BCUT2D eigenvalue weighted by Gasteiger charge is 2.29. The summed E-state index contributed by atoms with van der Waals surface area (Å²) in [4.78, 5) is 11.2. The van der Waals surface area contributed by atoms with Gasteiger partial charge in [0.05, 0.1) is 19.1 Å². The Morgan fingerprint density at radius 1 is 1.07 bits per heavy atom. The number of hydrogen-bond acceptors (Lipinski definition) is 5. The van der Waals surface area contributed by atoms with Crippen molar-refractivity contribution in [2.24, 2.45) is 0 Å². The summed E-state index contributed by atoms with van der Waals surface area (Å²) < 4.78 is 38.9. The Morgan fingerprint density at radius 2 is 1.70 bits per heavy atom. The van der Waals surface area contributed by atoms with Crippen LogP contribution < -0.4 is 19.5 Å². The van der Waals surface area contributed by atoms with E-state index in [1.165, 1.54) is 19.1 Å². The van der Waals surface area contributed by atoms with E-state index in [2.05, 4.69) is 10.0 Å². The average molecular weight is 390 g/mol. The Hall–Kier alpha value is -2.58. The molecule has 7 nitrogen and oxygen atoms in total. The van der Waals surface area contributed by atoms with Crippen LogP contribution in [0.4, 0.5) is 5.69 Å². The van der Waals surface area contributed by atoms with Gasteiger partial charge in [0.25, 0.3) is 0 Å². The number of carbonyl (C=O) groups is 1. The second-order valence-corrected chi connectivity index (χ2v) is 8.04. The van der Waals surface area contributed by atoms with Crippen molar-refractivity contribution in [1.29, 1.82) is 0 Å². The molecule has 0 saturated heterocycles. The molecule has 0 spiro atoms. The molecule has 2 aromatic carbocycles. The number of rotatable bonds is 6. The quantitative estimate of drug-likeness (QED) is 0.791. The van der Waals surface area contributed by atoms with Gasteiger partial charge >= 0.3 is 0 Å². The predicted octanol–water partition coefficient (Wildman–Crippen LogP) is 2.63. The van der Waals surface area contributed by atoms with Crippen molar-refractivity contribution in [2.45, 2.75) is 30.7 Å². The smallest absolute Gasteiger partial charge is 0.241 e. The van der Waals surface area contributed by atoms with Crippen LogP contribution in [-0.2, 0) is 21.2 Å². The minimum absolute atomic E-state index is 0.144. The van der Waals surface area contributed by atoms with E-state index in [9.17, 15) is 13.2 Å². The summed E-state index contributed by atoms with van der Waals surface area (Å²) in [5, 5.41) is 2.61. The molecule has 0 saturated carbocycles. The highest BCUT2D eigenvalue weighted by molar-refractivity contribution is 7.89. The molecule has 1 unspecified atom stereocenters. The summed E-state index contributed by atoms with van der Waals surface area (Å²) in [6.45, 7) is 1.40. The van der Waals surface area contributed by atoms with Crippen LogP contribution in [0.3, 0.4) is 0 Å². The Morgan fingerprint density at radius 3 is 2.30 bits per heavy atom. The van der Waals surface area contributed by atoms with Gasteiger partial charge in [0.2, 0.25) is 15.9 Å². The van der Waals surface area contributed by atoms with E-state index in [4.69, 9.17) is 9.47 Å². The zero-order valence-electron chi connectivity index (χ0n) is 15.4. The molecule has 0 radical (unpaired) electrons. The van der Waals surface area contributed by atoms with Gasteiger partial charge in [-0.25, -0.2) is 13.1 Å². The number of hydrogen-bond donors (Lipinski definition) is 2. The van der Waals surface area contributed by atoms with Gasteiger partial charge in [-0.1, -0.05) is 0 Å². The Labute approximate surface area is 158 Å². The van der Waals surface area contributed by atoms with Gasteiger partial charge in [-0.15, -0.1) is 0 Å². The molecular formula is C19H22N2O5S. The second-order valence-electron chi connectivity index (χ2n) is 6.32. The molecule has 8 heteroatoms. The maximum absolute atomic E-state index is 12.8. The van der Waals surface area contributed by atoms with Gasteiger partial charge in [0.15, 0.2) is 11.5 Å². The molecule has 1 aliphatic carbocycles. The van der Waals surface area contributed by atoms with Crippen LogP contribution in [0.5, 0.6) is 11.5 Å². The fraction of sp³-hybridized carbons (Fsp3) is 0.316. The van der Waals surface area contributed by atoms with Crippen LogP contribution in [0, 0.1) is 0 Å². The van der Waals surface area contributed by atoms with Gasteiger partial charge in [0.1, 0.15) is 0 Å². The van der Waals surface area contributed by atoms with E-state index in [0.717, 1.165) is 17.5 Å². The molecule has 2 aromatic rings. The van der Waals surface area contributed by atoms with Crippen molar-refractivity contribution in [2.75, 3.05) is 19.5 Å². The molecule has 2 N–H and O–H groups in total. The van der Waals surface area contributed by atoms with E-state index in [0.29, 0.717) is 23.6 Å². The molecular weight excluding hydrogens is 368 g/mol. The summed E-state index contributed by atoms with van der Waals surface area (Å²) in [6, 6.07) is 9.45. The number of benzene rings is 2. The molecule has 27 heavy (non-hydrogen) atoms. The summed E-state index contributed by atoms with van der Waals surface area (Å²) in [7, 11) is -0.578. The minimum Gasteiger partial charge on any atom is -0.493 e. The molecule has 0 fully saturated rings. The topological polar surface area (TPSA) is 93.7 Å². The fourth-order valence-corrected chi connectivity index (χ4v) is 4.48. The lowest BCUT2D eigenvalue weighted by molar-refractivity contribution is -0.114. The number of methoxy groups -OCH3 is 2. The number of anilines is 1. The first kappa shape index (κ1) is 19.2. The maximum Gasteiger partial charge on any atom is 0.241 e. The lowest BCUT2D eigenvalue weighted by atomic mass is 10.1. The predicted molar refractivity (Wildman–Crippen MR) is 102 cm³/mol. The third-order valence-electron chi connectivity index (χ3n) is 4.51. The van der Waals surface area contributed by atoms with Crippen LogP contribution in [0.15, 0.2) is 41.3 Å². The first-order chi connectivity index (χ1) is 12.8. The molecule has 0 heterocycles. The van der Waals surface area contributed by atoms with Gasteiger partial charge < -0.3 is 14.8 Å². The summed E-state index contributed by atoms with van der Waals surface area (Å²) in [5.74, 6) is 0.992. The number of carbonyl (C=O) groups excluding carboxylic acids is 1. The van der Waals surface area contributed by atoms with Crippen molar-refractivity contribution in [3.8, 4) is 11.5 Å². The number of amides is 1. The largest absolute Gasteiger partial charge is 0.493 e. The van der Waals surface area contributed by atoms with Crippen LogP contribution in [0.2, 0.25) is 0 Å². The molecule has 0 aromatic heterocycles. The van der Waals surface area contributed by atoms with E-state index in [1.54, 1.807) is 26.4 Å². The highest BCUT2D eigenvalue weighted by atomic mass is 32.2. The molecule has 1 amide bonds. The average Bonchev–Trinajstić information content (AvgIpc) is 3.01. The van der Waals surface area contributed by atoms with Crippen molar-refractivity contribution >= 4 is 21.6 Å². The van der Waals surface area contributed by atoms with Gasteiger partial charge in [0, 0.05) is 18.7 Å². The van der Waals surface area contributed by atoms with Crippen molar-refractivity contribution in [1.82, 2.24) is 4.72 Å². The third kappa shape index (κ3) is 4.06.